The predicted octanol–water partition coefficient (Wildman–Crippen LogP) is 2.74. The Kier molecular flexibility index (Phi) is 3.31. The van der Waals surface area contributed by atoms with Crippen LogP contribution in [0.15, 0.2) is 53.3 Å². The van der Waals surface area contributed by atoms with Gasteiger partial charge in [0.1, 0.15) is 5.82 Å². The van der Waals surface area contributed by atoms with Crippen LogP contribution in [0.3, 0.4) is 0 Å². The molecular weight excluding hydrogens is 252 g/mol. The van der Waals surface area contributed by atoms with Crippen molar-refractivity contribution in [2.24, 2.45) is 0 Å². The Balaban J connectivity index is 2.23. The van der Waals surface area contributed by atoms with E-state index in [0.717, 1.165) is 16.3 Å². The van der Waals surface area contributed by atoms with Crippen LogP contribution in [0.25, 0.3) is 22.2 Å². The number of rotatable bonds is 3. The van der Waals surface area contributed by atoms with E-state index in [-0.39, 0.29) is 5.56 Å². The molecule has 1 heterocycles. The molecular formula is C16H14N2O2. The number of nitrogens with one attached hydrogen (secondary N) is 1. The number of methoxy groups -OCH3 is 1. The normalized spacial score (nSPS) is 10.8. The van der Waals surface area contributed by atoms with Gasteiger partial charge in [-0.15, -0.1) is 0 Å². The molecule has 1 N–H and O–H groups in total. The summed E-state index contributed by atoms with van der Waals surface area (Å²) in [6.45, 7) is 0.321. The molecule has 100 valence electrons. The molecule has 0 bridgehead atoms. The molecule has 0 aliphatic heterocycles. The lowest BCUT2D eigenvalue weighted by molar-refractivity contribution is 0.181. The van der Waals surface area contributed by atoms with Gasteiger partial charge in [-0.1, -0.05) is 42.5 Å². The SMILES string of the molecule is COCc1cc(=O)[nH]c(-c2cccc3ccccc23)n1. The highest BCUT2D eigenvalue weighted by atomic mass is 16.5. The molecule has 0 unspecified atom stereocenters. The van der Waals surface area contributed by atoms with E-state index in [1.54, 1.807) is 7.11 Å². The average Bonchev–Trinajstić information content (AvgIpc) is 2.46. The third kappa shape index (κ3) is 2.33. The summed E-state index contributed by atoms with van der Waals surface area (Å²) in [5.74, 6) is 0.571. The van der Waals surface area contributed by atoms with Crippen LogP contribution in [0.4, 0.5) is 0 Å². The molecule has 0 spiro atoms. The quantitative estimate of drug-likeness (QED) is 0.793. The number of nitrogens with zero attached hydrogens (tertiary/aromatic N) is 1. The molecule has 0 amide bonds. The Morgan fingerprint density at radius 3 is 2.80 bits per heavy atom. The van der Waals surface area contributed by atoms with Crippen LogP contribution < -0.4 is 5.56 Å². The maximum Gasteiger partial charge on any atom is 0.251 e. The first-order chi connectivity index (χ1) is 9.78. The Morgan fingerprint density at radius 2 is 1.95 bits per heavy atom. The van der Waals surface area contributed by atoms with Crippen molar-refractivity contribution in [3.8, 4) is 11.4 Å². The number of benzene rings is 2. The van der Waals surface area contributed by atoms with Crippen LogP contribution in [0.2, 0.25) is 0 Å². The fraction of sp³-hybridized carbons (Fsp3) is 0.125. The van der Waals surface area contributed by atoms with E-state index in [2.05, 4.69) is 9.97 Å². The van der Waals surface area contributed by atoms with Crippen molar-refractivity contribution in [1.29, 1.82) is 0 Å². The molecule has 20 heavy (non-hydrogen) atoms. The minimum absolute atomic E-state index is 0.171. The minimum atomic E-state index is -0.171. The van der Waals surface area contributed by atoms with E-state index in [9.17, 15) is 4.79 Å². The third-order valence-electron chi connectivity index (χ3n) is 3.13. The first-order valence-electron chi connectivity index (χ1n) is 6.35. The molecule has 4 nitrogen and oxygen atoms in total. The number of aromatic amines is 1. The van der Waals surface area contributed by atoms with Crippen molar-refractivity contribution in [3.05, 3.63) is 64.6 Å². The van der Waals surface area contributed by atoms with Crippen molar-refractivity contribution in [1.82, 2.24) is 9.97 Å². The molecule has 1 aromatic heterocycles. The number of H-pyrrole nitrogens is 1. The molecule has 0 radical (unpaired) electrons. The first-order valence-corrected chi connectivity index (χ1v) is 6.35. The number of fused-ring (bicyclic) bond motifs is 1. The second-order valence-electron chi connectivity index (χ2n) is 4.55. The minimum Gasteiger partial charge on any atom is -0.378 e. The molecule has 3 rings (SSSR count). The Morgan fingerprint density at radius 1 is 1.15 bits per heavy atom. The summed E-state index contributed by atoms with van der Waals surface area (Å²) in [5.41, 5.74) is 1.37. The number of hydrogen-bond donors (Lipinski definition) is 1. The van der Waals surface area contributed by atoms with Crippen molar-refractivity contribution in [2.75, 3.05) is 7.11 Å². The van der Waals surface area contributed by atoms with Gasteiger partial charge in [0, 0.05) is 18.7 Å². The zero-order valence-corrected chi connectivity index (χ0v) is 11.1. The maximum absolute atomic E-state index is 11.7. The van der Waals surface area contributed by atoms with E-state index in [4.69, 9.17) is 4.74 Å². The van der Waals surface area contributed by atoms with Crippen LogP contribution in [0.5, 0.6) is 0 Å². The van der Waals surface area contributed by atoms with Crippen LogP contribution in [0.1, 0.15) is 5.69 Å². The lowest BCUT2D eigenvalue weighted by atomic mass is 10.0. The maximum atomic E-state index is 11.7. The molecule has 0 atom stereocenters. The zero-order chi connectivity index (χ0) is 13.9. The standard InChI is InChI=1S/C16H14N2O2/c1-20-10-12-9-15(19)18-16(17-12)14-8-4-6-11-5-2-3-7-13(11)14/h2-9H,10H2,1H3,(H,17,18,19). The smallest absolute Gasteiger partial charge is 0.251 e. The summed E-state index contributed by atoms with van der Waals surface area (Å²) < 4.78 is 5.05. The second-order valence-corrected chi connectivity index (χ2v) is 4.55. The molecule has 0 aliphatic rings. The Bertz CT molecular complexity index is 803. The highest BCUT2D eigenvalue weighted by molar-refractivity contribution is 5.94. The molecule has 0 aliphatic carbocycles. The van der Waals surface area contributed by atoms with E-state index in [1.807, 2.05) is 42.5 Å². The summed E-state index contributed by atoms with van der Waals surface area (Å²) in [6, 6.07) is 15.4. The Hall–Kier alpha value is -2.46. The van der Waals surface area contributed by atoms with Gasteiger partial charge in [0.25, 0.3) is 5.56 Å². The van der Waals surface area contributed by atoms with Crippen LogP contribution in [-0.4, -0.2) is 17.1 Å². The molecule has 0 saturated carbocycles. The fourth-order valence-corrected chi connectivity index (χ4v) is 2.29. The van der Waals surface area contributed by atoms with Gasteiger partial charge in [-0.05, 0) is 10.8 Å². The van der Waals surface area contributed by atoms with Crippen molar-refractivity contribution >= 4 is 10.8 Å². The second kappa shape index (κ2) is 5.27. The van der Waals surface area contributed by atoms with Gasteiger partial charge in [0.15, 0.2) is 0 Å². The lowest BCUT2D eigenvalue weighted by Crippen LogP contribution is -2.11. The van der Waals surface area contributed by atoms with E-state index in [0.29, 0.717) is 18.1 Å². The zero-order valence-electron chi connectivity index (χ0n) is 11.1. The van der Waals surface area contributed by atoms with E-state index >= 15 is 0 Å². The third-order valence-corrected chi connectivity index (χ3v) is 3.13. The van der Waals surface area contributed by atoms with E-state index < -0.39 is 0 Å². The topological polar surface area (TPSA) is 55.0 Å². The molecule has 2 aromatic carbocycles. The van der Waals surface area contributed by atoms with Crippen LogP contribution in [0, 0.1) is 0 Å². The fourth-order valence-electron chi connectivity index (χ4n) is 2.29. The van der Waals surface area contributed by atoms with Gasteiger partial charge in [-0.2, -0.15) is 0 Å². The molecule has 0 fully saturated rings. The highest BCUT2D eigenvalue weighted by Crippen LogP contribution is 2.25. The number of aromatic nitrogens is 2. The highest BCUT2D eigenvalue weighted by Gasteiger charge is 2.07. The van der Waals surface area contributed by atoms with Crippen molar-refractivity contribution in [3.63, 3.8) is 0 Å². The van der Waals surface area contributed by atoms with Gasteiger partial charge in [-0.3, -0.25) is 4.79 Å². The van der Waals surface area contributed by atoms with Crippen molar-refractivity contribution < 1.29 is 4.74 Å². The molecule has 3 aromatic rings. The van der Waals surface area contributed by atoms with Crippen molar-refractivity contribution in [2.45, 2.75) is 6.61 Å². The number of ether oxygens (including phenoxy) is 1. The summed E-state index contributed by atoms with van der Waals surface area (Å²) in [6.07, 6.45) is 0. The van der Waals surface area contributed by atoms with E-state index in [1.165, 1.54) is 6.07 Å². The first kappa shape index (κ1) is 12.6. The summed E-state index contributed by atoms with van der Waals surface area (Å²) in [5, 5.41) is 2.18. The van der Waals surface area contributed by atoms with Gasteiger partial charge in [0.05, 0.1) is 12.3 Å². The Labute approximate surface area is 116 Å². The lowest BCUT2D eigenvalue weighted by Gasteiger charge is -2.07. The average molecular weight is 266 g/mol. The largest absolute Gasteiger partial charge is 0.378 e. The summed E-state index contributed by atoms with van der Waals surface area (Å²) >= 11 is 0. The molecule has 4 heteroatoms. The molecule has 0 saturated heterocycles. The van der Waals surface area contributed by atoms with Crippen LogP contribution >= 0.6 is 0 Å². The van der Waals surface area contributed by atoms with Gasteiger partial charge < -0.3 is 9.72 Å². The summed E-state index contributed by atoms with van der Waals surface area (Å²) in [7, 11) is 1.58. The van der Waals surface area contributed by atoms with Gasteiger partial charge in [0.2, 0.25) is 0 Å². The van der Waals surface area contributed by atoms with Gasteiger partial charge >= 0.3 is 0 Å². The monoisotopic (exact) mass is 266 g/mol. The van der Waals surface area contributed by atoms with Gasteiger partial charge in [-0.25, -0.2) is 4.98 Å². The predicted molar refractivity (Wildman–Crippen MR) is 78.5 cm³/mol. The summed E-state index contributed by atoms with van der Waals surface area (Å²) in [4.78, 5) is 19.0. The number of hydrogen-bond acceptors (Lipinski definition) is 3. The van der Waals surface area contributed by atoms with Crippen LogP contribution in [-0.2, 0) is 11.3 Å².